The molecule has 0 aliphatic heterocycles. The van der Waals surface area contributed by atoms with Crippen molar-refractivity contribution < 1.29 is 14.2 Å². The Morgan fingerprint density at radius 2 is 1.62 bits per heavy atom. The number of ether oxygens (including phenoxy) is 3. The second-order valence-corrected chi connectivity index (χ2v) is 6.41. The number of hydrogen-bond acceptors (Lipinski definition) is 8. The highest BCUT2D eigenvalue weighted by molar-refractivity contribution is 6.32. The van der Waals surface area contributed by atoms with Crippen LogP contribution in [-0.2, 0) is 6.54 Å². The van der Waals surface area contributed by atoms with Crippen molar-refractivity contribution in [3.8, 4) is 17.2 Å². The van der Waals surface area contributed by atoms with Crippen molar-refractivity contribution in [1.29, 1.82) is 0 Å². The van der Waals surface area contributed by atoms with Gasteiger partial charge in [0.05, 0.1) is 32.0 Å². The van der Waals surface area contributed by atoms with Crippen LogP contribution < -0.4 is 30.6 Å². The standard InChI is InChI=1S/C20H22ClN5O3/c1-27-13-6-4-12(5-7-13)10-23-19-18(22)20(25-11-24-19)26-15-8-14(21)16(28-2)9-17(15)29-3/h4-9,11H,10,22H2,1-3H3,(H2,23,24,25,26). The quantitative estimate of drug-likeness (QED) is 0.505. The average Bonchev–Trinajstić information content (AvgIpc) is 2.75. The van der Waals surface area contributed by atoms with Crippen LogP contribution in [-0.4, -0.2) is 31.3 Å². The highest BCUT2D eigenvalue weighted by atomic mass is 35.5. The number of rotatable bonds is 8. The van der Waals surface area contributed by atoms with Gasteiger partial charge in [0, 0.05) is 12.6 Å². The Kier molecular flexibility index (Phi) is 6.46. The first-order chi connectivity index (χ1) is 14.0. The van der Waals surface area contributed by atoms with Crippen LogP contribution in [0.1, 0.15) is 5.56 Å². The number of nitrogens with one attached hydrogen (secondary N) is 2. The van der Waals surface area contributed by atoms with E-state index in [0.29, 0.717) is 46.1 Å². The predicted molar refractivity (Wildman–Crippen MR) is 115 cm³/mol. The summed E-state index contributed by atoms with van der Waals surface area (Å²) in [5, 5.41) is 6.79. The number of hydrogen-bond donors (Lipinski definition) is 3. The van der Waals surface area contributed by atoms with Gasteiger partial charge in [0.1, 0.15) is 29.3 Å². The smallest absolute Gasteiger partial charge is 0.159 e. The number of nitrogens with two attached hydrogens (primary N) is 1. The van der Waals surface area contributed by atoms with Crippen molar-refractivity contribution >= 4 is 34.6 Å². The molecule has 0 radical (unpaired) electrons. The normalized spacial score (nSPS) is 10.3. The highest BCUT2D eigenvalue weighted by Crippen LogP contribution is 2.38. The Labute approximate surface area is 174 Å². The van der Waals surface area contributed by atoms with Gasteiger partial charge in [-0.3, -0.25) is 0 Å². The van der Waals surface area contributed by atoms with E-state index in [4.69, 9.17) is 31.5 Å². The van der Waals surface area contributed by atoms with Gasteiger partial charge in [0.15, 0.2) is 11.6 Å². The Morgan fingerprint density at radius 3 is 2.28 bits per heavy atom. The van der Waals surface area contributed by atoms with E-state index in [-0.39, 0.29) is 0 Å². The number of benzene rings is 2. The second kappa shape index (κ2) is 9.20. The lowest BCUT2D eigenvalue weighted by atomic mass is 10.2. The van der Waals surface area contributed by atoms with Gasteiger partial charge in [-0.05, 0) is 23.8 Å². The zero-order chi connectivity index (χ0) is 20.8. The van der Waals surface area contributed by atoms with Gasteiger partial charge in [0.2, 0.25) is 0 Å². The Balaban J connectivity index is 1.79. The molecule has 0 atom stereocenters. The van der Waals surface area contributed by atoms with Crippen LogP contribution in [0.15, 0.2) is 42.7 Å². The Hall–Kier alpha value is -3.39. The zero-order valence-corrected chi connectivity index (χ0v) is 17.1. The molecule has 3 aromatic rings. The van der Waals surface area contributed by atoms with E-state index < -0.39 is 0 Å². The van der Waals surface area contributed by atoms with E-state index in [1.807, 2.05) is 24.3 Å². The van der Waals surface area contributed by atoms with Crippen LogP contribution in [0.2, 0.25) is 5.02 Å². The summed E-state index contributed by atoms with van der Waals surface area (Å²) in [6.07, 6.45) is 1.42. The summed E-state index contributed by atoms with van der Waals surface area (Å²) >= 11 is 6.23. The maximum atomic E-state index is 6.26. The topological polar surface area (TPSA) is 104 Å². The van der Waals surface area contributed by atoms with Crippen molar-refractivity contribution in [1.82, 2.24) is 9.97 Å². The molecular formula is C20H22ClN5O3. The fourth-order valence-corrected chi connectivity index (χ4v) is 2.89. The number of halogens is 1. The van der Waals surface area contributed by atoms with Crippen molar-refractivity contribution in [3.63, 3.8) is 0 Å². The lowest BCUT2D eigenvalue weighted by Crippen LogP contribution is -2.08. The summed E-state index contributed by atoms with van der Waals surface area (Å²) in [7, 11) is 4.73. The lowest BCUT2D eigenvalue weighted by molar-refractivity contribution is 0.396. The molecule has 0 saturated carbocycles. The maximum Gasteiger partial charge on any atom is 0.159 e. The maximum absolute atomic E-state index is 6.26. The summed E-state index contributed by atoms with van der Waals surface area (Å²) in [4.78, 5) is 8.45. The van der Waals surface area contributed by atoms with Gasteiger partial charge in [-0.1, -0.05) is 23.7 Å². The van der Waals surface area contributed by atoms with Crippen molar-refractivity contribution in [2.45, 2.75) is 6.54 Å². The molecule has 0 aliphatic carbocycles. The molecule has 0 unspecified atom stereocenters. The third-order valence-corrected chi connectivity index (χ3v) is 4.53. The van der Waals surface area contributed by atoms with E-state index in [1.165, 1.54) is 13.4 Å². The van der Waals surface area contributed by atoms with Gasteiger partial charge in [-0.15, -0.1) is 0 Å². The average molecular weight is 416 g/mol. The molecule has 0 aliphatic rings. The van der Waals surface area contributed by atoms with Crippen molar-refractivity contribution in [3.05, 3.63) is 53.3 Å². The van der Waals surface area contributed by atoms with Crippen LogP contribution >= 0.6 is 11.6 Å². The first kappa shape index (κ1) is 20.3. The molecule has 0 amide bonds. The minimum absolute atomic E-state index is 0.370. The van der Waals surface area contributed by atoms with E-state index in [2.05, 4.69) is 20.6 Å². The molecule has 9 heteroatoms. The first-order valence-electron chi connectivity index (χ1n) is 8.71. The van der Waals surface area contributed by atoms with Gasteiger partial charge in [0.25, 0.3) is 0 Å². The first-order valence-corrected chi connectivity index (χ1v) is 9.09. The molecule has 4 N–H and O–H groups in total. The molecule has 152 valence electrons. The molecule has 1 heterocycles. The molecule has 29 heavy (non-hydrogen) atoms. The largest absolute Gasteiger partial charge is 0.497 e. The molecule has 2 aromatic carbocycles. The Bertz CT molecular complexity index is 983. The fourth-order valence-electron chi connectivity index (χ4n) is 2.65. The van der Waals surface area contributed by atoms with Gasteiger partial charge >= 0.3 is 0 Å². The van der Waals surface area contributed by atoms with Crippen LogP contribution in [0.4, 0.5) is 23.0 Å². The number of nitrogen functional groups attached to an aromatic ring is 1. The molecule has 0 spiro atoms. The SMILES string of the molecule is COc1ccc(CNc2ncnc(Nc3cc(Cl)c(OC)cc3OC)c2N)cc1. The van der Waals surface area contributed by atoms with Crippen LogP contribution in [0, 0.1) is 0 Å². The molecule has 1 aromatic heterocycles. The zero-order valence-electron chi connectivity index (χ0n) is 16.3. The summed E-state index contributed by atoms with van der Waals surface area (Å²) in [6, 6.07) is 11.1. The number of aromatic nitrogens is 2. The highest BCUT2D eigenvalue weighted by Gasteiger charge is 2.14. The number of anilines is 4. The summed E-state index contributed by atoms with van der Waals surface area (Å²) < 4.78 is 15.8. The predicted octanol–water partition coefficient (Wildman–Crippen LogP) is 4.09. The van der Waals surface area contributed by atoms with E-state index in [0.717, 1.165) is 11.3 Å². The van der Waals surface area contributed by atoms with Crippen LogP contribution in [0.5, 0.6) is 17.2 Å². The van der Waals surface area contributed by atoms with Gasteiger partial charge < -0.3 is 30.6 Å². The molecule has 3 rings (SSSR count). The molecule has 0 bridgehead atoms. The molecule has 0 saturated heterocycles. The van der Waals surface area contributed by atoms with E-state index in [1.54, 1.807) is 26.4 Å². The van der Waals surface area contributed by atoms with E-state index in [9.17, 15) is 0 Å². The number of methoxy groups -OCH3 is 3. The third kappa shape index (κ3) is 4.72. The van der Waals surface area contributed by atoms with Crippen molar-refractivity contribution in [2.24, 2.45) is 0 Å². The summed E-state index contributed by atoms with van der Waals surface area (Å²) in [6.45, 7) is 0.544. The van der Waals surface area contributed by atoms with Crippen molar-refractivity contribution in [2.75, 3.05) is 37.7 Å². The second-order valence-electron chi connectivity index (χ2n) is 6.00. The Morgan fingerprint density at radius 1 is 0.931 bits per heavy atom. The summed E-state index contributed by atoms with van der Waals surface area (Å²) in [5.41, 5.74) is 8.29. The number of nitrogens with zero attached hydrogens (tertiary/aromatic N) is 2. The molecular weight excluding hydrogens is 394 g/mol. The van der Waals surface area contributed by atoms with Gasteiger partial charge in [-0.2, -0.15) is 0 Å². The van der Waals surface area contributed by atoms with E-state index >= 15 is 0 Å². The lowest BCUT2D eigenvalue weighted by Gasteiger charge is -2.16. The third-order valence-electron chi connectivity index (χ3n) is 4.23. The molecule has 0 fully saturated rings. The van der Waals surface area contributed by atoms with Crippen LogP contribution in [0.25, 0.3) is 0 Å². The minimum atomic E-state index is 0.370. The van der Waals surface area contributed by atoms with Gasteiger partial charge in [-0.25, -0.2) is 9.97 Å². The minimum Gasteiger partial charge on any atom is -0.497 e. The molecule has 8 nitrogen and oxygen atoms in total. The van der Waals surface area contributed by atoms with Crippen LogP contribution in [0.3, 0.4) is 0 Å². The fraction of sp³-hybridized carbons (Fsp3) is 0.200. The monoisotopic (exact) mass is 415 g/mol. The summed E-state index contributed by atoms with van der Waals surface area (Å²) in [5.74, 6) is 2.78.